The first-order valence-electron chi connectivity index (χ1n) is 10.8. The zero-order valence-electron chi connectivity index (χ0n) is 18.9. The van der Waals surface area contributed by atoms with Crippen LogP contribution in [0.4, 0.5) is 11.4 Å². The third-order valence-corrected chi connectivity index (χ3v) is 5.35. The predicted molar refractivity (Wildman–Crippen MR) is 135 cm³/mol. The van der Waals surface area contributed by atoms with Crippen molar-refractivity contribution in [1.82, 2.24) is 15.3 Å². The number of carboxylic acids is 1. The summed E-state index contributed by atoms with van der Waals surface area (Å²) < 4.78 is 0. The second-order valence-electron chi connectivity index (χ2n) is 7.96. The number of benzene rings is 3. The predicted octanol–water partition coefficient (Wildman–Crippen LogP) is 2.93. The Hall–Kier alpha value is -5.19. The molecule has 0 unspecified atom stereocenters. The van der Waals surface area contributed by atoms with Gasteiger partial charge in [-0.15, -0.1) is 0 Å². The number of aromatic carboxylic acids is 1. The normalized spacial score (nSPS) is 11.6. The minimum absolute atomic E-state index is 0.154. The molecule has 1 amide bonds. The molecule has 2 heterocycles. The van der Waals surface area contributed by atoms with Crippen LogP contribution in [-0.4, -0.2) is 43.7 Å². The Morgan fingerprint density at radius 3 is 2.31 bits per heavy atom. The van der Waals surface area contributed by atoms with Gasteiger partial charge in [-0.05, 0) is 60.5 Å². The van der Waals surface area contributed by atoms with E-state index < -0.39 is 5.97 Å². The highest BCUT2D eigenvalue weighted by atomic mass is 16.4. The molecule has 11 heteroatoms. The minimum Gasteiger partial charge on any atom is -0.504 e. The first-order chi connectivity index (χ1) is 17.2. The molecule has 0 atom stereocenters. The van der Waals surface area contributed by atoms with E-state index in [0.717, 1.165) is 16.9 Å². The number of phenolic OH excluding ortho intramolecular Hbond substituents is 2. The number of amides is 1. The Balaban J connectivity index is 0.000000197. The van der Waals surface area contributed by atoms with Crippen LogP contribution < -0.4 is 21.6 Å². The Morgan fingerprint density at radius 1 is 0.833 bits per heavy atom. The first-order valence-corrected chi connectivity index (χ1v) is 10.8. The maximum absolute atomic E-state index is 12.2. The molecule has 0 bridgehead atoms. The largest absolute Gasteiger partial charge is 0.504 e. The van der Waals surface area contributed by atoms with E-state index in [2.05, 4.69) is 32.5 Å². The molecule has 1 aliphatic heterocycles. The molecule has 0 fully saturated rings. The summed E-state index contributed by atoms with van der Waals surface area (Å²) in [5, 5.41) is 36.3. The molecule has 8 N–H and O–H groups in total. The van der Waals surface area contributed by atoms with Crippen molar-refractivity contribution in [2.24, 2.45) is 0 Å². The van der Waals surface area contributed by atoms with Gasteiger partial charge in [0.05, 0.1) is 28.0 Å². The number of carbonyl (C=O) groups excluding carboxylic acids is 1. The van der Waals surface area contributed by atoms with Gasteiger partial charge >= 0.3 is 11.7 Å². The molecule has 0 spiro atoms. The van der Waals surface area contributed by atoms with E-state index >= 15 is 0 Å². The number of nitrogens with one attached hydrogen (secondary N) is 5. The van der Waals surface area contributed by atoms with Crippen molar-refractivity contribution in [3.05, 3.63) is 94.2 Å². The topological polar surface area (TPSA) is 180 Å². The first kappa shape index (κ1) is 24.0. The fourth-order valence-corrected chi connectivity index (χ4v) is 3.57. The summed E-state index contributed by atoms with van der Waals surface area (Å²) in [6, 6.07) is 14.4. The number of aromatic nitrogens is 2. The molecule has 3 aromatic carbocycles. The number of aromatic hydroxyl groups is 2. The van der Waals surface area contributed by atoms with Gasteiger partial charge in [0.25, 0.3) is 5.91 Å². The lowest BCUT2D eigenvalue weighted by atomic mass is 10.1. The van der Waals surface area contributed by atoms with Gasteiger partial charge in [-0.2, -0.15) is 0 Å². The van der Waals surface area contributed by atoms with Crippen molar-refractivity contribution in [3.8, 4) is 11.5 Å². The maximum Gasteiger partial charge on any atom is 0.335 e. The molecule has 11 nitrogen and oxygen atoms in total. The number of phenols is 2. The van der Waals surface area contributed by atoms with E-state index in [0.29, 0.717) is 35.4 Å². The number of aromatic amines is 2. The summed E-state index contributed by atoms with van der Waals surface area (Å²) in [5.74, 6) is -0.811. The summed E-state index contributed by atoms with van der Waals surface area (Å²) in [6.45, 7) is 4.21. The lowest BCUT2D eigenvalue weighted by molar-refractivity contribution is 0.0696. The molecule has 36 heavy (non-hydrogen) atoms. The van der Waals surface area contributed by atoms with Gasteiger partial charge in [-0.3, -0.25) is 4.79 Å². The molecule has 0 saturated carbocycles. The lowest BCUT2D eigenvalue weighted by Gasteiger charge is -2.07. The lowest BCUT2D eigenvalue weighted by Crippen LogP contribution is -2.25. The Morgan fingerprint density at radius 2 is 1.56 bits per heavy atom. The molecule has 184 valence electrons. The van der Waals surface area contributed by atoms with E-state index in [-0.39, 0.29) is 28.7 Å². The third kappa shape index (κ3) is 5.47. The van der Waals surface area contributed by atoms with Crippen LogP contribution in [0, 0.1) is 0 Å². The van der Waals surface area contributed by atoms with Crippen LogP contribution in [0.5, 0.6) is 11.5 Å². The molecule has 4 aromatic rings. The van der Waals surface area contributed by atoms with Crippen molar-refractivity contribution >= 4 is 34.3 Å². The molecule has 1 aromatic heterocycles. The van der Waals surface area contributed by atoms with Crippen molar-refractivity contribution in [3.63, 3.8) is 0 Å². The van der Waals surface area contributed by atoms with Gasteiger partial charge in [0.15, 0.2) is 11.5 Å². The zero-order chi connectivity index (χ0) is 25.8. The minimum atomic E-state index is -1.01. The van der Waals surface area contributed by atoms with Crippen LogP contribution in [0.15, 0.2) is 71.8 Å². The monoisotopic (exact) mass is 489 g/mol. The second-order valence-corrected chi connectivity index (χ2v) is 7.96. The molecule has 5 rings (SSSR count). The molecular weight excluding hydrogens is 466 g/mol. The van der Waals surface area contributed by atoms with Crippen LogP contribution in [0.1, 0.15) is 26.3 Å². The number of anilines is 2. The average Bonchev–Trinajstić information content (AvgIpc) is 3.40. The number of imidazole rings is 1. The van der Waals surface area contributed by atoms with Gasteiger partial charge in [0.2, 0.25) is 0 Å². The molecule has 1 aliphatic rings. The number of fused-ring (bicyclic) bond motifs is 2. The highest BCUT2D eigenvalue weighted by Gasteiger charge is 2.15. The number of carbonyl (C=O) groups is 2. The quantitative estimate of drug-likeness (QED) is 0.197. The van der Waals surface area contributed by atoms with Crippen LogP contribution in [-0.2, 0) is 6.42 Å². The van der Waals surface area contributed by atoms with Gasteiger partial charge in [0.1, 0.15) is 5.82 Å². The van der Waals surface area contributed by atoms with E-state index in [1.54, 1.807) is 24.3 Å². The molecule has 0 radical (unpaired) electrons. The van der Waals surface area contributed by atoms with Crippen LogP contribution in [0.2, 0.25) is 0 Å². The number of hydrogen-bond donors (Lipinski definition) is 8. The number of rotatable bonds is 5. The molecule has 0 aliphatic carbocycles. The highest BCUT2D eigenvalue weighted by Crippen LogP contribution is 2.30. The number of H-pyrrole nitrogens is 2. The van der Waals surface area contributed by atoms with E-state index in [4.69, 9.17) is 5.11 Å². The smallest absolute Gasteiger partial charge is 0.335 e. The van der Waals surface area contributed by atoms with Gasteiger partial charge in [0, 0.05) is 12.1 Å². The second kappa shape index (κ2) is 9.97. The Kier molecular flexibility index (Phi) is 6.63. The summed E-state index contributed by atoms with van der Waals surface area (Å²) in [7, 11) is 0. The fraction of sp³-hybridized carbons (Fsp3) is 0.0800. The summed E-state index contributed by atoms with van der Waals surface area (Å²) >= 11 is 0. The fourth-order valence-electron chi connectivity index (χ4n) is 3.57. The summed E-state index contributed by atoms with van der Waals surface area (Å²) in [4.78, 5) is 38.5. The van der Waals surface area contributed by atoms with E-state index in [1.165, 1.54) is 24.3 Å². The number of carboxylic acid groups (broad SMARTS) is 1. The zero-order valence-corrected chi connectivity index (χ0v) is 18.9. The van der Waals surface area contributed by atoms with Crippen molar-refractivity contribution in [2.45, 2.75) is 6.42 Å². The van der Waals surface area contributed by atoms with Crippen LogP contribution in [0.25, 0.3) is 11.0 Å². The average molecular weight is 489 g/mol. The van der Waals surface area contributed by atoms with Crippen molar-refractivity contribution in [2.75, 3.05) is 17.2 Å². The SMILES string of the molecule is C=C1Nc2ccc(C(=O)NCCc3ccc(O)c(O)c3)cc2N1.O=C(O)c1ccc2[nH]c(=O)[nH]c2c1. The van der Waals surface area contributed by atoms with Gasteiger partial charge in [-0.1, -0.05) is 12.6 Å². The van der Waals surface area contributed by atoms with Gasteiger partial charge in [-0.25, -0.2) is 9.59 Å². The Labute approximate surface area is 204 Å². The van der Waals surface area contributed by atoms with E-state index in [1.807, 2.05) is 6.07 Å². The Bertz CT molecular complexity index is 1540. The molecular formula is C25H23N5O6. The van der Waals surface area contributed by atoms with Crippen molar-refractivity contribution < 1.29 is 24.9 Å². The molecule has 0 saturated heterocycles. The summed E-state index contributed by atoms with van der Waals surface area (Å²) in [6.07, 6.45) is 0.557. The van der Waals surface area contributed by atoms with Gasteiger partial charge < -0.3 is 41.2 Å². The van der Waals surface area contributed by atoms with E-state index in [9.17, 15) is 24.6 Å². The number of hydrogen-bond acceptors (Lipinski definition) is 7. The standard InChI is InChI=1S/C17H17N3O3.C8H6N2O3/c1-10-19-13-4-3-12(9-14(13)20-10)17(23)18-7-6-11-2-5-15(21)16(22)8-11;11-7(12)4-1-2-5-6(3-4)10-8(13)9-5/h2-5,8-9,19-22H,1,6-7H2,(H,18,23);1-3H,(H,11,12)(H2,9,10,13). The van der Waals surface area contributed by atoms with Crippen LogP contribution >= 0.6 is 0 Å². The maximum atomic E-state index is 12.2. The van der Waals surface area contributed by atoms with Crippen LogP contribution in [0.3, 0.4) is 0 Å². The van der Waals surface area contributed by atoms with Crippen molar-refractivity contribution in [1.29, 1.82) is 0 Å². The third-order valence-electron chi connectivity index (χ3n) is 5.35. The highest BCUT2D eigenvalue weighted by molar-refractivity contribution is 5.97. The summed E-state index contributed by atoms with van der Waals surface area (Å²) in [5.41, 5.74) is 4.04.